The maximum Gasteiger partial charge on any atom is 0.127 e. The van der Waals surface area contributed by atoms with Crippen LogP contribution in [0.15, 0.2) is 54.2 Å². The molecule has 1 aliphatic rings. The van der Waals surface area contributed by atoms with Crippen LogP contribution in [0.25, 0.3) is 11.0 Å². The monoisotopic (exact) mass is 366 g/mol. The molecule has 0 amide bonds. The number of rotatable bonds is 7. The van der Waals surface area contributed by atoms with Crippen LogP contribution in [0.4, 0.5) is 0 Å². The number of aliphatic imine (C=N–C) groups is 1. The molecule has 0 spiro atoms. The molecule has 5 nitrogen and oxygen atoms in total. The molecule has 1 aliphatic heterocycles. The highest BCUT2D eigenvalue weighted by Crippen LogP contribution is 2.35. The molecule has 1 N–H and O–H groups in total. The van der Waals surface area contributed by atoms with Gasteiger partial charge in [0.15, 0.2) is 0 Å². The summed E-state index contributed by atoms with van der Waals surface area (Å²) >= 11 is 0. The minimum absolute atomic E-state index is 0.181. The zero-order valence-electron chi connectivity index (χ0n) is 16.4. The number of nitrogens with zero attached hydrogens (tertiary/aromatic N) is 4. The van der Waals surface area contributed by atoms with Gasteiger partial charge in [-0.1, -0.05) is 25.3 Å². The third kappa shape index (κ3) is 3.89. The summed E-state index contributed by atoms with van der Waals surface area (Å²) < 4.78 is 2.28. The number of para-hydroxylation sites is 2. The van der Waals surface area contributed by atoms with Crippen molar-refractivity contribution in [1.82, 2.24) is 14.5 Å². The number of aliphatic hydroxyl groups excluding tert-OH is 1. The number of imidazole rings is 1. The van der Waals surface area contributed by atoms with E-state index in [2.05, 4.69) is 46.8 Å². The lowest BCUT2D eigenvalue weighted by Crippen LogP contribution is -2.45. The first-order chi connectivity index (χ1) is 13.1. The Kier molecular flexibility index (Phi) is 6.24. The first-order valence-corrected chi connectivity index (χ1v) is 9.71. The minimum atomic E-state index is 0.181. The Morgan fingerprint density at radius 2 is 2.15 bits per heavy atom. The molecule has 0 bridgehead atoms. The van der Waals surface area contributed by atoms with E-state index >= 15 is 0 Å². The first kappa shape index (κ1) is 19.5. The summed E-state index contributed by atoms with van der Waals surface area (Å²) in [7, 11) is 2.16. The Labute approximate surface area is 161 Å². The number of aliphatic hydroxyl groups is 1. The van der Waals surface area contributed by atoms with Gasteiger partial charge in [-0.05, 0) is 57.4 Å². The van der Waals surface area contributed by atoms with Crippen molar-refractivity contribution in [2.75, 3.05) is 13.7 Å². The normalized spacial score (nSPS) is 21.5. The van der Waals surface area contributed by atoms with Gasteiger partial charge in [0.05, 0.1) is 28.8 Å². The van der Waals surface area contributed by atoms with Crippen molar-refractivity contribution in [3.05, 3.63) is 55.0 Å². The SMILES string of the molecule is C=CN=C(C(=C)C)C1CCCC(c2nc3ccccc3n2CCCO)N1C. The largest absolute Gasteiger partial charge is 0.396 e. The van der Waals surface area contributed by atoms with E-state index in [4.69, 9.17) is 4.98 Å². The second kappa shape index (κ2) is 8.63. The van der Waals surface area contributed by atoms with E-state index < -0.39 is 0 Å². The van der Waals surface area contributed by atoms with Gasteiger partial charge in [-0.15, -0.1) is 0 Å². The molecule has 0 radical (unpaired) electrons. The predicted octanol–water partition coefficient (Wildman–Crippen LogP) is 4.10. The Morgan fingerprint density at radius 1 is 1.37 bits per heavy atom. The number of benzene rings is 1. The van der Waals surface area contributed by atoms with Crippen LogP contribution in [0.5, 0.6) is 0 Å². The van der Waals surface area contributed by atoms with E-state index in [1.54, 1.807) is 6.20 Å². The van der Waals surface area contributed by atoms with E-state index in [0.717, 1.165) is 60.4 Å². The van der Waals surface area contributed by atoms with Crippen LogP contribution in [0.2, 0.25) is 0 Å². The molecule has 0 aliphatic carbocycles. The second-order valence-corrected chi connectivity index (χ2v) is 7.29. The van der Waals surface area contributed by atoms with E-state index in [-0.39, 0.29) is 18.7 Å². The molecule has 2 unspecified atom stereocenters. The summed E-state index contributed by atoms with van der Waals surface area (Å²) in [6, 6.07) is 8.68. The molecule has 2 heterocycles. The zero-order chi connectivity index (χ0) is 19.4. The fraction of sp³-hybridized carbons (Fsp3) is 0.455. The Balaban J connectivity index is 2.01. The Morgan fingerprint density at radius 3 is 2.85 bits per heavy atom. The molecule has 144 valence electrons. The average Bonchev–Trinajstić information content (AvgIpc) is 3.03. The number of hydrogen-bond donors (Lipinski definition) is 1. The molecule has 1 aromatic heterocycles. The summed E-state index contributed by atoms with van der Waals surface area (Å²) in [5, 5.41) is 9.35. The summed E-state index contributed by atoms with van der Waals surface area (Å²) in [5.41, 5.74) is 4.15. The highest BCUT2D eigenvalue weighted by Gasteiger charge is 2.34. The lowest BCUT2D eigenvalue weighted by Gasteiger charge is -2.40. The van der Waals surface area contributed by atoms with Gasteiger partial charge in [-0.2, -0.15) is 0 Å². The molecular formula is C22H30N4O. The zero-order valence-corrected chi connectivity index (χ0v) is 16.4. The summed E-state index contributed by atoms with van der Waals surface area (Å²) in [6.45, 7) is 10.9. The van der Waals surface area contributed by atoms with Crippen molar-refractivity contribution in [3.63, 3.8) is 0 Å². The van der Waals surface area contributed by atoms with Gasteiger partial charge < -0.3 is 9.67 Å². The number of aromatic nitrogens is 2. The van der Waals surface area contributed by atoms with Crippen molar-refractivity contribution in [2.45, 2.75) is 51.2 Å². The van der Waals surface area contributed by atoms with Gasteiger partial charge in [0.1, 0.15) is 5.82 Å². The summed E-state index contributed by atoms with van der Waals surface area (Å²) in [5.74, 6) is 1.08. The number of likely N-dealkylation sites (tertiary alicyclic amines) is 1. The van der Waals surface area contributed by atoms with Crippen LogP contribution in [-0.4, -0.2) is 45.0 Å². The molecule has 2 aromatic rings. The molecule has 27 heavy (non-hydrogen) atoms. The number of hydrogen-bond acceptors (Lipinski definition) is 4. The van der Waals surface area contributed by atoms with Gasteiger partial charge in [0, 0.05) is 19.4 Å². The minimum Gasteiger partial charge on any atom is -0.396 e. The van der Waals surface area contributed by atoms with Gasteiger partial charge >= 0.3 is 0 Å². The summed E-state index contributed by atoms with van der Waals surface area (Å²) in [4.78, 5) is 11.9. The van der Waals surface area contributed by atoms with Gasteiger partial charge in [-0.25, -0.2) is 4.98 Å². The maximum atomic E-state index is 9.35. The standard InChI is InChI=1S/C22H30N4O/c1-5-23-21(16(2)3)19-12-8-13-20(25(19)4)22-24-17-10-6-7-11-18(17)26(22)14-9-15-27/h5-7,10-11,19-20,27H,1-2,8-9,12-15H2,3-4H3. The second-order valence-electron chi connectivity index (χ2n) is 7.29. The van der Waals surface area contributed by atoms with Crippen molar-refractivity contribution < 1.29 is 5.11 Å². The first-order valence-electron chi connectivity index (χ1n) is 9.71. The van der Waals surface area contributed by atoms with E-state index in [1.807, 2.05) is 19.1 Å². The maximum absolute atomic E-state index is 9.35. The Bertz CT molecular complexity index is 851. The lowest BCUT2D eigenvalue weighted by atomic mass is 9.90. The highest BCUT2D eigenvalue weighted by atomic mass is 16.3. The predicted molar refractivity (Wildman–Crippen MR) is 112 cm³/mol. The van der Waals surface area contributed by atoms with Gasteiger partial charge in [-0.3, -0.25) is 9.89 Å². The molecule has 1 fully saturated rings. The smallest absolute Gasteiger partial charge is 0.127 e. The number of fused-ring (bicyclic) bond motifs is 1. The van der Waals surface area contributed by atoms with Crippen LogP contribution >= 0.6 is 0 Å². The number of aryl methyl sites for hydroxylation is 1. The molecule has 0 saturated carbocycles. The molecule has 5 heteroatoms. The molecule has 1 aromatic carbocycles. The van der Waals surface area contributed by atoms with Crippen LogP contribution in [0, 0.1) is 0 Å². The van der Waals surface area contributed by atoms with Gasteiger partial charge in [0.2, 0.25) is 0 Å². The molecule has 3 rings (SSSR count). The fourth-order valence-corrected chi connectivity index (χ4v) is 4.16. The summed E-state index contributed by atoms with van der Waals surface area (Å²) in [6.07, 6.45) is 5.57. The molecule has 2 atom stereocenters. The number of piperidine rings is 1. The van der Waals surface area contributed by atoms with Crippen LogP contribution in [0.1, 0.15) is 44.5 Å². The van der Waals surface area contributed by atoms with Crippen molar-refractivity contribution in [2.24, 2.45) is 4.99 Å². The van der Waals surface area contributed by atoms with Gasteiger partial charge in [0.25, 0.3) is 0 Å². The Hall–Kier alpha value is -2.24. The van der Waals surface area contributed by atoms with Crippen molar-refractivity contribution >= 4 is 16.7 Å². The van der Waals surface area contributed by atoms with Crippen molar-refractivity contribution in [3.8, 4) is 0 Å². The van der Waals surface area contributed by atoms with Crippen LogP contribution in [-0.2, 0) is 6.54 Å². The van der Waals surface area contributed by atoms with E-state index in [0.29, 0.717) is 0 Å². The fourth-order valence-electron chi connectivity index (χ4n) is 4.16. The quantitative estimate of drug-likeness (QED) is 0.751. The molecular weight excluding hydrogens is 336 g/mol. The highest BCUT2D eigenvalue weighted by molar-refractivity contribution is 6.03. The topological polar surface area (TPSA) is 53.6 Å². The average molecular weight is 367 g/mol. The van der Waals surface area contributed by atoms with E-state index in [9.17, 15) is 5.11 Å². The third-order valence-corrected chi connectivity index (χ3v) is 5.44. The van der Waals surface area contributed by atoms with E-state index in [1.165, 1.54) is 0 Å². The lowest BCUT2D eigenvalue weighted by molar-refractivity contribution is 0.144. The third-order valence-electron chi connectivity index (χ3n) is 5.44. The van der Waals surface area contributed by atoms with Crippen molar-refractivity contribution in [1.29, 1.82) is 0 Å². The van der Waals surface area contributed by atoms with Crippen LogP contribution < -0.4 is 0 Å². The van der Waals surface area contributed by atoms with Crippen LogP contribution in [0.3, 0.4) is 0 Å². The molecule has 1 saturated heterocycles.